The minimum atomic E-state index is -0.752. The molecule has 0 aromatic carbocycles. The predicted octanol–water partition coefficient (Wildman–Crippen LogP) is -2.09. The first-order valence-corrected chi connectivity index (χ1v) is 8.56. The van der Waals surface area contributed by atoms with E-state index in [0.717, 1.165) is 5.84 Å². The highest BCUT2D eigenvalue weighted by Crippen LogP contribution is 2.43. The van der Waals surface area contributed by atoms with E-state index < -0.39 is 24.6 Å². The summed E-state index contributed by atoms with van der Waals surface area (Å²) < 4.78 is 9.50. The normalized spacial score (nSPS) is 29.7. The molecule has 0 aromatic rings. The Balaban J connectivity index is 1.64. The standard InChI is InChI=1S/C13H16N6O5S/c1-5-15-19-10(18(5)16-19)6-4-25-12-8(14)11(21)17(12)9(6)13(22)24-3-7(20)23-2/h8,10,12,16H,3-4,14H2,1-2H3/t8?,10?,12-/m0/s1. The van der Waals surface area contributed by atoms with Gasteiger partial charge in [-0.3, -0.25) is 9.69 Å². The maximum Gasteiger partial charge on any atom is 0.355 e. The maximum atomic E-state index is 12.6. The van der Waals surface area contributed by atoms with Crippen molar-refractivity contribution in [2.75, 3.05) is 19.5 Å². The molecule has 3 N–H and O–H groups in total. The predicted molar refractivity (Wildman–Crippen MR) is 84.8 cm³/mol. The molecule has 3 atom stereocenters. The number of amidine groups is 1. The minimum absolute atomic E-state index is 0.130. The van der Waals surface area contributed by atoms with Crippen molar-refractivity contribution in [1.29, 1.82) is 0 Å². The van der Waals surface area contributed by atoms with E-state index in [1.54, 1.807) is 10.1 Å². The molecule has 0 aliphatic carbocycles. The second kappa shape index (κ2) is 5.61. The Labute approximate surface area is 146 Å². The average molecular weight is 368 g/mol. The number of hydrazone groups is 1. The third kappa shape index (κ3) is 2.21. The van der Waals surface area contributed by atoms with Gasteiger partial charge in [0.2, 0.25) is 5.91 Å². The van der Waals surface area contributed by atoms with Crippen LogP contribution < -0.4 is 11.3 Å². The number of carbonyl (C=O) groups excluding carboxylic acids is 3. The van der Waals surface area contributed by atoms with Crippen LogP contribution in [0.15, 0.2) is 16.4 Å². The summed E-state index contributed by atoms with van der Waals surface area (Å²) in [5.74, 6) is -0.536. The van der Waals surface area contributed by atoms with Gasteiger partial charge in [-0.05, 0) is 6.92 Å². The summed E-state index contributed by atoms with van der Waals surface area (Å²) in [7, 11) is 1.20. The molecule has 5 aliphatic rings. The molecule has 0 radical (unpaired) electrons. The molecule has 2 bridgehead atoms. The van der Waals surface area contributed by atoms with Crippen LogP contribution in [0.3, 0.4) is 0 Å². The molecule has 2 unspecified atom stereocenters. The highest BCUT2D eigenvalue weighted by molar-refractivity contribution is 8.00. The summed E-state index contributed by atoms with van der Waals surface area (Å²) in [6.45, 7) is 1.30. The molecule has 0 saturated carbocycles. The first-order chi connectivity index (χ1) is 11.9. The molecule has 134 valence electrons. The van der Waals surface area contributed by atoms with Gasteiger partial charge in [-0.15, -0.1) is 22.4 Å². The molecule has 5 rings (SSSR count). The van der Waals surface area contributed by atoms with E-state index in [2.05, 4.69) is 15.4 Å². The smallest absolute Gasteiger partial charge is 0.355 e. The molecule has 5 aliphatic heterocycles. The van der Waals surface area contributed by atoms with Crippen LogP contribution in [0.5, 0.6) is 0 Å². The van der Waals surface area contributed by atoms with Gasteiger partial charge in [-0.2, -0.15) is 5.12 Å². The van der Waals surface area contributed by atoms with Gasteiger partial charge < -0.3 is 15.2 Å². The second-order valence-electron chi connectivity index (χ2n) is 5.80. The molecular formula is C13H16N6O5S. The van der Waals surface area contributed by atoms with Crippen LogP contribution in [0.1, 0.15) is 6.92 Å². The molecule has 12 heteroatoms. The Hall–Kier alpha value is -2.31. The minimum Gasteiger partial charge on any atom is -0.466 e. The lowest BCUT2D eigenvalue weighted by Gasteiger charge is -2.51. The van der Waals surface area contributed by atoms with Crippen LogP contribution in [-0.2, 0) is 23.9 Å². The zero-order chi connectivity index (χ0) is 17.9. The Kier molecular flexibility index (Phi) is 3.63. The number of thioether (sulfide) groups is 1. The summed E-state index contributed by atoms with van der Waals surface area (Å²) in [5, 5.41) is 7.34. The monoisotopic (exact) mass is 368 g/mol. The second-order valence-corrected chi connectivity index (χ2v) is 6.90. The summed E-state index contributed by atoms with van der Waals surface area (Å²) >= 11 is 1.48. The van der Waals surface area contributed by atoms with E-state index in [4.69, 9.17) is 10.5 Å². The lowest BCUT2D eigenvalue weighted by Crippen LogP contribution is -2.72. The number of β-lactam (4-membered cyclic amide) rings is 1. The number of nitrogens with two attached hydrogens (primary N) is 1. The number of esters is 2. The van der Waals surface area contributed by atoms with E-state index in [1.165, 1.54) is 23.8 Å². The third-order valence-electron chi connectivity index (χ3n) is 4.38. The number of hydrazine groups is 2. The number of carbonyl (C=O) groups is 3. The van der Waals surface area contributed by atoms with Crippen molar-refractivity contribution >= 4 is 35.4 Å². The molecule has 25 heavy (non-hydrogen) atoms. The highest BCUT2D eigenvalue weighted by atomic mass is 32.2. The van der Waals surface area contributed by atoms with Gasteiger partial charge >= 0.3 is 11.9 Å². The number of rotatable bonds is 4. The van der Waals surface area contributed by atoms with Crippen LogP contribution >= 0.6 is 11.8 Å². The summed E-state index contributed by atoms with van der Waals surface area (Å²) in [5.41, 5.74) is 9.59. The molecule has 11 nitrogen and oxygen atoms in total. The zero-order valence-corrected chi connectivity index (χ0v) is 14.3. The zero-order valence-electron chi connectivity index (χ0n) is 13.5. The van der Waals surface area contributed by atoms with Gasteiger partial charge in [-0.1, -0.05) is 0 Å². The number of hydrogen-bond donors (Lipinski definition) is 2. The molecular weight excluding hydrogens is 352 g/mol. The van der Waals surface area contributed by atoms with Gasteiger partial charge in [0.25, 0.3) is 0 Å². The van der Waals surface area contributed by atoms with Crippen LogP contribution in [0.2, 0.25) is 0 Å². The van der Waals surface area contributed by atoms with Crippen molar-refractivity contribution in [2.24, 2.45) is 10.8 Å². The van der Waals surface area contributed by atoms with Gasteiger partial charge in [0.05, 0.1) is 7.11 Å². The number of methoxy groups -OCH3 is 1. The first kappa shape index (κ1) is 16.2. The van der Waals surface area contributed by atoms with Crippen molar-refractivity contribution in [2.45, 2.75) is 24.5 Å². The quantitative estimate of drug-likeness (QED) is 0.421. The first-order valence-electron chi connectivity index (χ1n) is 7.51. The third-order valence-corrected chi connectivity index (χ3v) is 5.70. The Morgan fingerprint density at radius 1 is 1.48 bits per heavy atom. The number of amides is 1. The maximum absolute atomic E-state index is 12.6. The molecule has 0 spiro atoms. The molecule has 1 amide bonds. The number of fused-ring (bicyclic) bond motifs is 1. The SMILES string of the molecule is COC(=O)COC(=O)C1=C(C2N3N=C(C)N2N3)CS[C@H]2C(N)C(=O)N12. The fraction of sp³-hybridized carbons (Fsp3) is 0.538. The van der Waals surface area contributed by atoms with Crippen LogP contribution in [0, 0.1) is 0 Å². The van der Waals surface area contributed by atoms with Crippen LogP contribution in [0.25, 0.3) is 0 Å². The van der Waals surface area contributed by atoms with E-state index >= 15 is 0 Å². The molecule has 2 fully saturated rings. The van der Waals surface area contributed by atoms with Crippen molar-refractivity contribution in [3.63, 3.8) is 0 Å². The molecule has 2 saturated heterocycles. The topological polar surface area (TPSA) is 130 Å². The lowest BCUT2D eigenvalue weighted by molar-refractivity contribution is -0.158. The lowest BCUT2D eigenvalue weighted by atomic mass is 10.0. The van der Waals surface area contributed by atoms with E-state index in [-0.39, 0.29) is 23.1 Å². The van der Waals surface area contributed by atoms with Crippen molar-refractivity contribution in [3.05, 3.63) is 11.3 Å². The fourth-order valence-corrected chi connectivity index (χ4v) is 4.40. The fourth-order valence-electron chi connectivity index (χ4n) is 3.09. The van der Waals surface area contributed by atoms with Gasteiger partial charge in [-0.25, -0.2) is 14.6 Å². The number of nitrogens with zero attached hydrogens (tertiary/aromatic N) is 4. The number of nitrogens with one attached hydrogen (secondary N) is 1. The van der Waals surface area contributed by atoms with E-state index in [1.807, 2.05) is 6.92 Å². The van der Waals surface area contributed by atoms with Gasteiger partial charge in [0.15, 0.2) is 12.8 Å². The van der Waals surface area contributed by atoms with Crippen LogP contribution in [-0.4, -0.2) is 75.8 Å². The Bertz CT molecular complexity index is 738. The number of ether oxygens (including phenoxy) is 2. The Morgan fingerprint density at radius 3 is 2.84 bits per heavy atom. The largest absolute Gasteiger partial charge is 0.466 e. The van der Waals surface area contributed by atoms with Gasteiger partial charge in [0, 0.05) is 11.3 Å². The van der Waals surface area contributed by atoms with Crippen LogP contribution in [0.4, 0.5) is 0 Å². The van der Waals surface area contributed by atoms with E-state index in [0.29, 0.717) is 11.3 Å². The summed E-state index contributed by atoms with van der Waals surface area (Å²) in [4.78, 5) is 37.4. The van der Waals surface area contributed by atoms with E-state index in [9.17, 15) is 14.4 Å². The number of hydrogen-bond acceptors (Lipinski definition) is 11. The average Bonchev–Trinajstić information content (AvgIpc) is 3.14. The highest BCUT2D eigenvalue weighted by Gasteiger charge is 2.56. The molecule has 0 aromatic heterocycles. The van der Waals surface area contributed by atoms with Crippen molar-refractivity contribution < 1.29 is 23.9 Å². The van der Waals surface area contributed by atoms with Crippen molar-refractivity contribution in [1.82, 2.24) is 20.6 Å². The summed E-state index contributed by atoms with van der Waals surface area (Å²) in [6.07, 6.45) is -0.307. The molecule has 5 heterocycles. The Morgan fingerprint density at radius 2 is 2.24 bits per heavy atom. The van der Waals surface area contributed by atoms with Crippen molar-refractivity contribution in [3.8, 4) is 0 Å². The van der Waals surface area contributed by atoms with Gasteiger partial charge in [0.1, 0.15) is 22.9 Å². The summed E-state index contributed by atoms with van der Waals surface area (Å²) in [6, 6.07) is -0.648.